The molecule has 0 spiro atoms. The fourth-order valence-electron chi connectivity index (χ4n) is 1.72. The van der Waals surface area contributed by atoms with Crippen molar-refractivity contribution in [3.63, 3.8) is 0 Å². The Kier molecular flexibility index (Phi) is 5.19. The molecule has 0 saturated heterocycles. The molecule has 1 unspecified atom stereocenters. The number of nitrogens with one attached hydrogen (secondary N) is 1. The summed E-state index contributed by atoms with van der Waals surface area (Å²) in [7, 11) is 1.92. The van der Waals surface area contributed by atoms with Crippen molar-refractivity contribution < 1.29 is 0 Å². The molecule has 1 aromatic heterocycles. The minimum atomic E-state index is 0.504. The van der Waals surface area contributed by atoms with E-state index in [0.29, 0.717) is 6.04 Å². The number of hydrogen-bond donors (Lipinski definition) is 1. The van der Waals surface area contributed by atoms with Gasteiger partial charge in [0.25, 0.3) is 0 Å². The van der Waals surface area contributed by atoms with Crippen molar-refractivity contribution in [3.8, 4) is 0 Å². The Balaban J connectivity index is 2.87. The van der Waals surface area contributed by atoms with Crippen molar-refractivity contribution >= 4 is 5.82 Å². The molecule has 90 valence electrons. The molecule has 0 aliphatic rings. The Morgan fingerprint density at radius 3 is 2.69 bits per heavy atom. The second kappa shape index (κ2) is 6.43. The molecule has 0 saturated carbocycles. The van der Waals surface area contributed by atoms with Gasteiger partial charge >= 0.3 is 0 Å². The first-order chi connectivity index (χ1) is 7.72. The van der Waals surface area contributed by atoms with Crippen molar-refractivity contribution in [2.24, 2.45) is 0 Å². The van der Waals surface area contributed by atoms with Crippen molar-refractivity contribution in [2.45, 2.75) is 39.8 Å². The van der Waals surface area contributed by atoms with E-state index in [2.05, 4.69) is 41.0 Å². The summed E-state index contributed by atoms with van der Waals surface area (Å²) in [5.41, 5.74) is 0.988. The Labute approximate surface area is 98.1 Å². The number of hydrogen-bond acceptors (Lipinski definition) is 4. The van der Waals surface area contributed by atoms with Gasteiger partial charge < -0.3 is 10.2 Å². The zero-order chi connectivity index (χ0) is 12.0. The highest BCUT2D eigenvalue weighted by Crippen LogP contribution is 2.14. The van der Waals surface area contributed by atoms with Gasteiger partial charge in [0.05, 0.1) is 11.9 Å². The molecule has 1 rings (SSSR count). The molecule has 0 radical (unpaired) electrons. The highest BCUT2D eigenvalue weighted by atomic mass is 15.2. The van der Waals surface area contributed by atoms with Crippen molar-refractivity contribution in [2.75, 3.05) is 18.5 Å². The molecule has 4 heteroatoms. The molecular weight excluding hydrogens is 200 g/mol. The van der Waals surface area contributed by atoms with Gasteiger partial charge in [0.15, 0.2) is 0 Å². The van der Waals surface area contributed by atoms with E-state index in [4.69, 9.17) is 0 Å². The first-order valence-corrected chi connectivity index (χ1v) is 5.95. The minimum Gasteiger partial charge on any atom is -0.353 e. The average Bonchev–Trinajstić information content (AvgIpc) is 2.31. The van der Waals surface area contributed by atoms with E-state index < -0.39 is 0 Å². The zero-order valence-electron chi connectivity index (χ0n) is 10.7. The van der Waals surface area contributed by atoms with Crippen LogP contribution in [0.2, 0.25) is 0 Å². The van der Waals surface area contributed by atoms with Crippen LogP contribution in [-0.2, 0) is 6.54 Å². The first-order valence-electron chi connectivity index (χ1n) is 5.95. The molecule has 0 aliphatic heterocycles. The van der Waals surface area contributed by atoms with Crippen LogP contribution in [0.3, 0.4) is 0 Å². The van der Waals surface area contributed by atoms with Gasteiger partial charge in [-0.25, -0.2) is 4.98 Å². The molecule has 1 atom stereocenters. The summed E-state index contributed by atoms with van der Waals surface area (Å²) in [6.45, 7) is 8.29. The third-order valence-corrected chi connectivity index (χ3v) is 2.79. The Bertz CT molecular complexity index is 314. The lowest BCUT2D eigenvalue weighted by molar-refractivity contribution is 0.619. The van der Waals surface area contributed by atoms with Crippen LogP contribution in [-0.4, -0.2) is 29.6 Å². The molecule has 4 nitrogen and oxygen atoms in total. The van der Waals surface area contributed by atoms with E-state index >= 15 is 0 Å². The van der Waals surface area contributed by atoms with Crippen LogP contribution in [0.1, 0.15) is 32.9 Å². The van der Waals surface area contributed by atoms with Crippen molar-refractivity contribution in [1.29, 1.82) is 0 Å². The summed E-state index contributed by atoms with van der Waals surface area (Å²) < 4.78 is 0. The zero-order valence-corrected chi connectivity index (χ0v) is 10.7. The Morgan fingerprint density at radius 2 is 2.12 bits per heavy atom. The highest BCUT2D eigenvalue weighted by Gasteiger charge is 2.12. The van der Waals surface area contributed by atoms with Crippen LogP contribution in [0.25, 0.3) is 0 Å². The topological polar surface area (TPSA) is 41.1 Å². The predicted octanol–water partition coefficient (Wildman–Crippen LogP) is 1.82. The van der Waals surface area contributed by atoms with E-state index in [1.807, 2.05) is 19.4 Å². The van der Waals surface area contributed by atoms with Crippen LogP contribution < -0.4 is 10.2 Å². The Hall–Kier alpha value is -1.16. The quantitative estimate of drug-likeness (QED) is 0.797. The third kappa shape index (κ3) is 3.17. The van der Waals surface area contributed by atoms with Crippen LogP contribution >= 0.6 is 0 Å². The average molecular weight is 222 g/mol. The van der Waals surface area contributed by atoms with Gasteiger partial charge in [0.1, 0.15) is 5.82 Å². The molecule has 0 bridgehead atoms. The van der Waals surface area contributed by atoms with Crippen molar-refractivity contribution in [3.05, 3.63) is 18.1 Å². The van der Waals surface area contributed by atoms with Crippen LogP contribution in [0.5, 0.6) is 0 Å². The molecular formula is C12H22N4. The molecule has 1 aromatic rings. The van der Waals surface area contributed by atoms with Gasteiger partial charge in [-0.1, -0.05) is 6.92 Å². The maximum atomic E-state index is 4.60. The van der Waals surface area contributed by atoms with E-state index in [1.165, 1.54) is 0 Å². The fourth-order valence-corrected chi connectivity index (χ4v) is 1.72. The number of anilines is 1. The van der Waals surface area contributed by atoms with Gasteiger partial charge in [-0.2, -0.15) is 0 Å². The maximum Gasteiger partial charge on any atom is 0.147 e. The number of nitrogens with zero attached hydrogens (tertiary/aromatic N) is 3. The minimum absolute atomic E-state index is 0.504. The van der Waals surface area contributed by atoms with E-state index in [9.17, 15) is 0 Å². The molecule has 0 fully saturated rings. The SMILES string of the molecule is CCC(C)N(CC)c1cncc(CNC)n1. The molecule has 0 aliphatic carbocycles. The standard InChI is InChI=1S/C12H22N4/c1-5-10(3)16(6-2)12-9-14-8-11(15-12)7-13-4/h8-10,13H,5-7H2,1-4H3. The van der Waals surface area contributed by atoms with Crippen LogP contribution in [0.4, 0.5) is 5.82 Å². The summed E-state index contributed by atoms with van der Waals surface area (Å²) in [6.07, 6.45) is 4.77. The van der Waals surface area contributed by atoms with E-state index in [0.717, 1.165) is 31.0 Å². The van der Waals surface area contributed by atoms with Crippen LogP contribution in [0.15, 0.2) is 12.4 Å². The summed E-state index contributed by atoms with van der Waals surface area (Å²) in [5.74, 6) is 0.976. The van der Waals surface area contributed by atoms with Gasteiger partial charge in [-0.05, 0) is 27.3 Å². The normalized spacial score (nSPS) is 12.5. The largest absolute Gasteiger partial charge is 0.353 e. The second-order valence-corrected chi connectivity index (χ2v) is 3.94. The second-order valence-electron chi connectivity index (χ2n) is 3.94. The highest BCUT2D eigenvalue weighted by molar-refractivity contribution is 5.37. The van der Waals surface area contributed by atoms with E-state index in [1.54, 1.807) is 0 Å². The van der Waals surface area contributed by atoms with E-state index in [-0.39, 0.29) is 0 Å². The molecule has 1 N–H and O–H groups in total. The van der Waals surface area contributed by atoms with Gasteiger partial charge in [0.2, 0.25) is 0 Å². The van der Waals surface area contributed by atoms with Crippen LogP contribution in [0, 0.1) is 0 Å². The van der Waals surface area contributed by atoms with Gasteiger partial charge in [0, 0.05) is 25.3 Å². The van der Waals surface area contributed by atoms with Gasteiger partial charge in [-0.15, -0.1) is 0 Å². The number of aromatic nitrogens is 2. The maximum absolute atomic E-state index is 4.60. The van der Waals surface area contributed by atoms with Gasteiger partial charge in [-0.3, -0.25) is 4.98 Å². The van der Waals surface area contributed by atoms with Crippen molar-refractivity contribution in [1.82, 2.24) is 15.3 Å². The Morgan fingerprint density at radius 1 is 1.38 bits per heavy atom. The molecule has 1 heterocycles. The smallest absolute Gasteiger partial charge is 0.147 e. The first kappa shape index (κ1) is 12.9. The predicted molar refractivity (Wildman–Crippen MR) is 67.6 cm³/mol. The summed E-state index contributed by atoms with van der Waals surface area (Å²) in [4.78, 5) is 11.1. The monoisotopic (exact) mass is 222 g/mol. The molecule has 0 amide bonds. The lowest BCUT2D eigenvalue weighted by Crippen LogP contribution is -2.33. The summed E-state index contributed by atoms with van der Waals surface area (Å²) in [5, 5.41) is 3.09. The number of rotatable bonds is 6. The molecule has 0 aromatic carbocycles. The fraction of sp³-hybridized carbons (Fsp3) is 0.667. The lowest BCUT2D eigenvalue weighted by Gasteiger charge is -2.28. The molecule has 16 heavy (non-hydrogen) atoms. The lowest BCUT2D eigenvalue weighted by atomic mass is 10.2. The summed E-state index contributed by atoms with van der Waals surface area (Å²) >= 11 is 0. The third-order valence-electron chi connectivity index (χ3n) is 2.79. The summed E-state index contributed by atoms with van der Waals surface area (Å²) in [6, 6.07) is 0.504.